The van der Waals surface area contributed by atoms with Gasteiger partial charge in [-0.15, -0.1) is 0 Å². The lowest BCUT2D eigenvalue weighted by atomic mass is 10.1. The maximum absolute atomic E-state index is 10.2. The van der Waals surface area contributed by atoms with Crippen molar-refractivity contribution < 1.29 is 23.7 Å². The molecule has 0 spiro atoms. The molecule has 0 fully saturated rings. The summed E-state index contributed by atoms with van der Waals surface area (Å²) in [7, 11) is 0. The molecule has 27 heavy (non-hydrogen) atoms. The average molecular weight is 389 g/mol. The summed E-state index contributed by atoms with van der Waals surface area (Å²) in [4.78, 5) is 10.2. The Morgan fingerprint density at radius 2 is 1.26 bits per heavy atom. The molecule has 0 radical (unpaired) electrons. The van der Waals surface area contributed by atoms with Crippen LogP contribution in [0.2, 0.25) is 0 Å². The lowest BCUT2D eigenvalue weighted by Gasteiger charge is -2.32. The Balaban J connectivity index is 0. The molecule has 0 aromatic heterocycles. The normalized spacial score (nSPS) is 10.9. The van der Waals surface area contributed by atoms with Crippen LogP contribution in [-0.4, -0.2) is 38.4 Å². The van der Waals surface area contributed by atoms with Gasteiger partial charge in [0.15, 0.2) is 0 Å². The Morgan fingerprint density at radius 1 is 0.778 bits per heavy atom. The van der Waals surface area contributed by atoms with Gasteiger partial charge >= 0.3 is 5.97 Å². The maximum atomic E-state index is 10.2. The summed E-state index contributed by atoms with van der Waals surface area (Å²) in [5, 5.41) is 0. The van der Waals surface area contributed by atoms with E-state index in [1.807, 2.05) is 27.7 Å². The van der Waals surface area contributed by atoms with Crippen molar-refractivity contribution in [3.8, 4) is 0 Å². The third kappa shape index (κ3) is 18.2. The van der Waals surface area contributed by atoms with Gasteiger partial charge in [-0.1, -0.05) is 59.0 Å². The number of hydrogen-bond acceptors (Lipinski definition) is 5. The van der Waals surface area contributed by atoms with Crippen molar-refractivity contribution in [2.24, 2.45) is 0 Å². The number of hydrogen-bond donors (Lipinski definition) is 0. The zero-order valence-electron chi connectivity index (χ0n) is 18.5. The summed E-state index contributed by atoms with van der Waals surface area (Å²) in [6.07, 6.45) is 11.9. The van der Waals surface area contributed by atoms with Crippen molar-refractivity contribution in [1.82, 2.24) is 0 Å². The van der Waals surface area contributed by atoms with Crippen LogP contribution < -0.4 is 0 Å². The van der Waals surface area contributed by atoms with Crippen LogP contribution in [-0.2, 0) is 23.7 Å². The molecule has 0 bridgehead atoms. The fourth-order valence-electron chi connectivity index (χ4n) is 2.56. The molecule has 0 aromatic carbocycles. The molecule has 5 heteroatoms. The van der Waals surface area contributed by atoms with Crippen LogP contribution in [0, 0.1) is 0 Å². The number of esters is 1. The van der Waals surface area contributed by atoms with Gasteiger partial charge in [0.2, 0.25) is 0 Å². The number of rotatable bonds is 17. The predicted molar refractivity (Wildman–Crippen MR) is 112 cm³/mol. The molecular formula is C22H44O5. The van der Waals surface area contributed by atoms with Gasteiger partial charge in [-0.2, -0.15) is 0 Å². The van der Waals surface area contributed by atoms with E-state index in [9.17, 15) is 4.79 Å². The minimum Gasteiger partial charge on any atom is -0.463 e. The zero-order valence-corrected chi connectivity index (χ0v) is 18.5. The molecule has 0 atom stereocenters. The van der Waals surface area contributed by atoms with Crippen molar-refractivity contribution in [1.29, 1.82) is 0 Å². The highest BCUT2D eigenvalue weighted by molar-refractivity contribution is 5.81. The quantitative estimate of drug-likeness (QED) is 0.132. The molecule has 0 saturated heterocycles. The minimum absolute atomic E-state index is 0.341. The van der Waals surface area contributed by atoms with E-state index >= 15 is 0 Å². The first-order valence-corrected chi connectivity index (χ1v) is 10.8. The highest BCUT2D eigenvalue weighted by atomic mass is 16.9. The number of unbranched alkanes of at least 4 members (excludes halogenated alkanes) is 6. The first-order chi connectivity index (χ1) is 13.1. The van der Waals surface area contributed by atoms with E-state index in [0.717, 1.165) is 25.3 Å². The van der Waals surface area contributed by atoms with Crippen molar-refractivity contribution in [2.75, 3.05) is 26.4 Å². The Bertz CT molecular complexity index is 314. The lowest BCUT2D eigenvalue weighted by Crippen LogP contribution is -2.39. The SMILES string of the molecule is C=CC(=O)OCCC.CCCCCCCCCC(OCC)(OCC)OCC. The third-order valence-electron chi connectivity index (χ3n) is 3.79. The van der Waals surface area contributed by atoms with Crippen molar-refractivity contribution in [3.63, 3.8) is 0 Å². The molecule has 0 saturated carbocycles. The Hall–Kier alpha value is -0.910. The van der Waals surface area contributed by atoms with Crippen LogP contribution in [0.15, 0.2) is 12.7 Å². The molecule has 0 heterocycles. The van der Waals surface area contributed by atoms with Gasteiger partial charge in [0.25, 0.3) is 5.97 Å². The van der Waals surface area contributed by atoms with Crippen LogP contribution in [0.4, 0.5) is 0 Å². The van der Waals surface area contributed by atoms with E-state index in [0.29, 0.717) is 26.4 Å². The largest absolute Gasteiger partial charge is 0.463 e. The molecule has 162 valence electrons. The lowest BCUT2D eigenvalue weighted by molar-refractivity contribution is -0.380. The Kier molecular flexibility index (Phi) is 22.4. The molecule has 5 nitrogen and oxygen atoms in total. The number of carbonyl (C=O) groups is 1. The fourth-order valence-corrected chi connectivity index (χ4v) is 2.56. The second-order valence-corrected chi connectivity index (χ2v) is 6.22. The first-order valence-electron chi connectivity index (χ1n) is 10.8. The Morgan fingerprint density at radius 3 is 1.67 bits per heavy atom. The molecule has 0 amide bonds. The highest BCUT2D eigenvalue weighted by Crippen LogP contribution is 2.24. The average Bonchev–Trinajstić information content (AvgIpc) is 2.66. The molecule has 0 aliphatic heterocycles. The van der Waals surface area contributed by atoms with Crippen molar-refractivity contribution in [3.05, 3.63) is 12.7 Å². The van der Waals surface area contributed by atoms with Crippen LogP contribution >= 0.6 is 0 Å². The van der Waals surface area contributed by atoms with Crippen molar-refractivity contribution >= 4 is 5.97 Å². The number of ether oxygens (including phenoxy) is 4. The summed E-state index contributed by atoms with van der Waals surface area (Å²) < 4.78 is 21.7. The second kappa shape index (κ2) is 21.4. The topological polar surface area (TPSA) is 54.0 Å². The smallest absolute Gasteiger partial charge is 0.330 e. The van der Waals surface area contributed by atoms with Crippen LogP contribution in [0.1, 0.15) is 92.4 Å². The van der Waals surface area contributed by atoms with Gasteiger partial charge in [-0.25, -0.2) is 4.79 Å². The van der Waals surface area contributed by atoms with Gasteiger partial charge < -0.3 is 18.9 Å². The van der Waals surface area contributed by atoms with E-state index in [1.54, 1.807) is 0 Å². The summed E-state index contributed by atoms with van der Waals surface area (Å²) in [5.41, 5.74) is 0. The van der Waals surface area contributed by atoms with E-state index in [-0.39, 0.29) is 5.97 Å². The molecule has 0 aromatic rings. The molecule has 0 N–H and O–H groups in total. The minimum atomic E-state index is -0.804. The summed E-state index contributed by atoms with van der Waals surface area (Å²) in [6, 6.07) is 0. The molecule has 0 rings (SSSR count). The maximum Gasteiger partial charge on any atom is 0.330 e. The summed E-state index contributed by atoms with van der Waals surface area (Å²) in [5.74, 6) is -1.14. The zero-order chi connectivity index (χ0) is 20.8. The van der Waals surface area contributed by atoms with Gasteiger partial charge in [-0.3, -0.25) is 0 Å². The van der Waals surface area contributed by atoms with Crippen molar-refractivity contribution in [2.45, 2.75) is 98.4 Å². The van der Waals surface area contributed by atoms with Crippen LogP contribution in [0.25, 0.3) is 0 Å². The first kappa shape index (κ1) is 28.3. The summed E-state index contributed by atoms with van der Waals surface area (Å²) >= 11 is 0. The van der Waals surface area contributed by atoms with Gasteiger partial charge in [0.05, 0.1) is 6.61 Å². The van der Waals surface area contributed by atoms with Crippen LogP contribution in [0.3, 0.4) is 0 Å². The van der Waals surface area contributed by atoms with Crippen LogP contribution in [0.5, 0.6) is 0 Å². The van der Waals surface area contributed by atoms with E-state index in [2.05, 4.69) is 18.2 Å². The van der Waals surface area contributed by atoms with E-state index in [4.69, 9.17) is 14.2 Å². The molecule has 0 aliphatic rings. The Labute approximate surface area is 167 Å². The fraction of sp³-hybridized carbons (Fsp3) is 0.864. The van der Waals surface area contributed by atoms with Gasteiger partial charge in [0.1, 0.15) is 0 Å². The van der Waals surface area contributed by atoms with Gasteiger partial charge in [-0.05, 0) is 33.6 Å². The van der Waals surface area contributed by atoms with E-state index < -0.39 is 5.97 Å². The monoisotopic (exact) mass is 388 g/mol. The number of carbonyl (C=O) groups excluding carboxylic acids is 1. The standard InChI is InChI=1S/C16H34O3.C6H10O2/c1-5-9-10-11-12-13-14-15-16(17-6-2,18-7-3)19-8-4;1-3-5-8-6(7)4-2/h5-15H2,1-4H3;4H,2-3,5H2,1H3. The molecule has 0 unspecified atom stereocenters. The van der Waals surface area contributed by atoms with Gasteiger partial charge in [0, 0.05) is 32.3 Å². The van der Waals surface area contributed by atoms with E-state index in [1.165, 1.54) is 38.5 Å². The molecule has 0 aliphatic carbocycles. The summed E-state index contributed by atoms with van der Waals surface area (Å²) in [6.45, 7) is 15.7. The third-order valence-corrected chi connectivity index (χ3v) is 3.79. The highest BCUT2D eigenvalue weighted by Gasteiger charge is 2.31. The predicted octanol–water partition coefficient (Wildman–Crippen LogP) is 6.02. The molecular weight excluding hydrogens is 344 g/mol. The second-order valence-electron chi connectivity index (χ2n) is 6.22.